The molecule has 0 unspecified atom stereocenters. The number of likely N-dealkylation sites (N-methyl/N-ethyl adjacent to an activating group) is 1. The molecule has 0 spiro atoms. The Bertz CT molecular complexity index is 331. The molecule has 82 valence electrons. The molecule has 0 aliphatic carbocycles. The van der Waals surface area contributed by atoms with E-state index in [4.69, 9.17) is 4.74 Å². The average Bonchev–Trinajstić information content (AvgIpc) is 2.22. The summed E-state index contributed by atoms with van der Waals surface area (Å²) < 4.78 is 17.8. The van der Waals surface area contributed by atoms with Crippen molar-refractivity contribution in [2.24, 2.45) is 0 Å². The SMILES string of the molecule is CNCCOC(=O)Nc1ccccc1F. The van der Waals surface area contributed by atoms with Gasteiger partial charge in [0, 0.05) is 6.54 Å². The Morgan fingerprint density at radius 1 is 1.47 bits per heavy atom. The van der Waals surface area contributed by atoms with E-state index < -0.39 is 11.9 Å². The number of hydrogen-bond donors (Lipinski definition) is 2. The summed E-state index contributed by atoms with van der Waals surface area (Å²) in [5.41, 5.74) is 0.118. The molecule has 0 aromatic heterocycles. The number of amides is 1. The van der Waals surface area contributed by atoms with Crippen LogP contribution in [0.3, 0.4) is 0 Å². The zero-order chi connectivity index (χ0) is 11.1. The number of para-hydroxylation sites is 1. The van der Waals surface area contributed by atoms with Gasteiger partial charge in [0.1, 0.15) is 12.4 Å². The van der Waals surface area contributed by atoms with Crippen LogP contribution < -0.4 is 10.6 Å². The fourth-order valence-corrected chi connectivity index (χ4v) is 0.954. The van der Waals surface area contributed by atoms with Crippen molar-refractivity contribution in [3.05, 3.63) is 30.1 Å². The largest absolute Gasteiger partial charge is 0.448 e. The molecule has 0 saturated carbocycles. The molecule has 0 saturated heterocycles. The second kappa shape index (κ2) is 5.98. The maximum atomic E-state index is 13.1. The van der Waals surface area contributed by atoms with Gasteiger partial charge < -0.3 is 10.1 Å². The van der Waals surface area contributed by atoms with E-state index in [0.29, 0.717) is 6.54 Å². The van der Waals surface area contributed by atoms with Gasteiger partial charge in [-0.05, 0) is 19.2 Å². The summed E-state index contributed by atoms with van der Waals surface area (Å²) in [6, 6.07) is 5.91. The van der Waals surface area contributed by atoms with E-state index in [1.165, 1.54) is 12.1 Å². The van der Waals surface area contributed by atoms with Crippen molar-refractivity contribution in [1.29, 1.82) is 0 Å². The molecular weight excluding hydrogens is 199 g/mol. The normalized spacial score (nSPS) is 9.73. The molecule has 0 bridgehead atoms. The number of carbonyl (C=O) groups is 1. The molecule has 0 atom stereocenters. The van der Waals surface area contributed by atoms with Gasteiger partial charge in [0.15, 0.2) is 0 Å². The molecule has 2 N–H and O–H groups in total. The van der Waals surface area contributed by atoms with E-state index in [2.05, 4.69) is 10.6 Å². The minimum atomic E-state index is -0.657. The monoisotopic (exact) mass is 212 g/mol. The lowest BCUT2D eigenvalue weighted by molar-refractivity contribution is 0.162. The second-order valence-corrected chi connectivity index (χ2v) is 2.84. The molecule has 0 aliphatic heterocycles. The third-order valence-electron chi connectivity index (χ3n) is 1.70. The maximum Gasteiger partial charge on any atom is 0.411 e. The molecule has 0 heterocycles. The van der Waals surface area contributed by atoms with Gasteiger partial charge >= 0.3 is 6.09 Å². The Hall–Kier alpha value is -1.62. The number of anilines is 1. The van der Waals surface area contributed by atoms with E-state index in [1.54, 1.807) is 19.2 Å². The Morgan fingerprint density at radius 2 is 2.20 bits per heavy atom. The predicted octanol–water partition coefficient (Wildman–Crippen LogP) is 1.59. The fraction of sp³-hybridized carbons (Fsp3) is 0.300. The Balaban J connectivity index is 2.41. The quantitative estimate of drug-likeness (QED) is 0.745. The van der Waals surface area contributed by atoms with Gasteiger partial charge in [-0.15, -0.1) is 0 Å². The highest BCUT2D eigenvalue weighted by Gasteiger charge is 2.05. The fourth-order valence-electron chi connectivity index (χ4n) is 0.954. The van der Waals surface area contributed by atoms with Gasteiger partial charge in [0.05, 0.1) is 5.69 Å². The predicted molar refractivity (Wildman–Crippen MR) is 55.3 cm³/mol. The summed E-state index contributed by atoms with van der Waals surface area (Å²) in [7, 11) is 1.75. The van der Waals surface area contributed by atoms with Crippen LogP contribution in [0.5, 0.6) is 0 Å². The lowest BCUT2D eigenvalue weighted by atomic mass is 10.3. The minimum absolute atomic E-state index is 0.118. The van der Waals surface area contributed by atoms with Crippen molar-refractivity contribution >= 4 is 11.8 Å². The highest BCUT2D eigenvalue weighted by Crippen LogP contribution is 2.12. The van der Waals surface area contributed by atoms with Crippen LogP contribution in [0.1, 0.15) is 0 Å². The van der Waals surface area contributed by atoms with Crippen LogP contribution >= 0.6 is 0 Å². The molecule has 0 aliphatic rings. The number of carbonyl (C=O) groups excluding carboxylic acids is 1. The van der Waals surface area contributed by atoms with Crippen molar-refractivity contribution in [1.82, 2.24) is 5.32 Å². The number of halogens is 1. The Labute approximate surface area is 87.4 Å². The minimum Gasteiger partial charge on any atom is -0.448 e. The van der Waals surface area contributed by atoms with Crippen molar-refractivity contribution < 1.29 is 13.9 Å². The van der Waals surface area contributed by atoms with Crippen LogP contribution in [0.4, 0.5) is 14.9 Å². The topological polar surface area (TPSA) is 50.4 Å². The maximum absolute atomic E-state index is 13.1. The molecule has 0 radical (unpaired) electrons. The molecule has 1 aromatic carbocycles. The van der Waals surface area contributed by atoms with E-state index in [9.17, 15) is 9.18 Å². The molecule has 1 amide bonds. The Morgan fingerprint density at radius 3 is 2.87 bits per heavy atom. The first kappa shape index (κ1) is 11.5. The zero-order valence-corrected chi connectivity index (χ0v) is 8.42. The van der Waals surface area contributed by atoms with Crippen LogP contribution in [0.15, 0.2) is 24.3 Å². The number of hydrogen-bond acceptors (Lipinski definition) is 3. The zero-order valence-electron chi connectivity index (χ0n) is 8.42. The summed E-state index contributed by atoms with van der Waals surface area (Å²) in [5.74, 6) is -0.483. The van der Waals surface area contributed by atoms with Crippen molar-refractivity contribution in [2.45, 2.75) is 0 Å². The third kappa shape index (κ3) is 3.95. The first-order chi connectivity index (χ1) is 7.24. The van der Waals surface area contributed by atoms with Crippen LogP contribution in [0.25, 0.3) is 0 Å². The van der Waals surface area contributed by atoms with Crippen molar-refractivity contribution in [3.63, 3.8) is 0 Å². The van der Waals surface area contributed by atoms with Crippen molar-refractivity contribution in [2.75, 3.05) is 25.5 Å². The number of nitrogens with one attached hydrogen (secondary N) is 2. The summed E-state index contributed by atoms with van der Waals surface area (Å²) >= 11 is 0. The lowest BCUT2D eigenvalue weighted by Gasteiger charge is -2.06. The molecular formula is C10H13FN2O2. The number of benzene rings is 1. The van der Waals surface area contributed by atoms with Gasteiger partial charge in [-0.1, -0.05) is 12.1 Å². The van der Waals surface area contributed by atoms with Crippen molar-refractivity contribution in [3.8, 4) is 0 Å². The van der Waals surface area contributed by atoms with Crippen LogP contribution in [-0.4, -0.2) is 26.3 Å². The molecule has 4 nitrogen and oxygen atoms in total. The van der Waals surface area contributed by atoms with Gasteiger partial charge in [-0.25, -0.2) is 9.18 Å². The van der Waals surface area contributed by atoms with Crippen LogP contribution in [0.2, 0.25) is 0 Å². The van der Waals surface area contributed by atoms with E-state index in [0.717, 1.165) is 0 Å². The summed E-state index contributed by atoms with van der Waals surface area (Å²) in [4.78, 5) is 11.1. The molecule has 5 heteroatoms. The summed E-state index contributed by atoms with van der Waals surface area (Å²) in [6.45, 7) is 0.807. The van der Waals surface area contributed by atoms with E-state index >= 15 is 0 Å². The highest BCUT2D eigenvalue weighted by molar-refractivity contribution is 5.84. The van der Waals surface area contributed by atoms with Gasteiger partial charge in [-0.2, -0.15) is 0 Å². The number of ether oxygens (including phenoxy) is 1. The number of rotatable bonds is 4. The highest BCUT2D eigenvalue weighted by atomic mass is 19.1. The van der Waals surface area contributed by atoms with Crippen LogP contribution in [0, 0.1) is 5.82 Å². The molecule has 15 heavy (non-hydrogen) atoms. The lowest BCUT2D eigenvalue weighted by Crippen LogP contribution is -2.21. The van der Waals surface area contributed by atoms with Gasteiger partial charge in [0.25, 0.3) is 0 Å². The van der Waals surface area contributed by atoms with E-state index in [1.807, 2.05) is 0 Å². The van der Waals surface area contributed by atoms with E-state index in [-0.39, 0.29) is 12.3 Å². The molecule has 1 rings (SSSR count). The van der Waals surface area contributed by atoms with Gasteiger partial charge in [0.2, 0.25) is 0 Å². The molecule has 1 aromatic rings. The molecule has 0 fully saturated rings. The Kier molecular flexibility index (Phi) is 4.56. The first-order valence-corrected chi connectivity index (χ1v) is 4.57. The third-order valence-corrected chi connectivity index (χ3v) is 1.70. The second-order valence-electron chi connectivity index (χ2n) is 2.84. The van der Waals surface area contributed by atoms with Crippen LogP contribution in [-0.2, 0) is 4.74 Å². The summed E-state index contributed by atoms with van der Waals surface area (Å²) in [5, 5.41) is 5.12. The summed E-state index contributed by atoms with van der Waals surface area (Å²) in [6.07, 6.45) is -0.657. The smallest absolute Gasteiger partial charge is 0.411 e. The first-order valence-electron chi connectivity index (χ1n) is 4.57. The standard InChI is InChI=1S/C10H13FN2O2/c1-12-6-7-15-10(14)13-9-5-3-2-4-8(9)11/h2-5,12H,6-7H2,1H3,(H,13,14). The average molecular weight is 212 g/mol. The van der Waals surface area contributed by atoms with Gasteiger partial charge in [-0.3, -0.25) is 5.32 Å².